The summed E-state index contributed by atoms with van der Waals surface area (Å²) in [5, 5.41) is 2.66. The van der Waals surface area contributed by atoms with Crippen molar-refractivity contribution >= 4 is 45.2 Å². The van der Waals surface area contributed by atoms with E-state index in [-0.39, 0.29) is 12.0 Å². The summed E-state index contributed by atoms with van der Waals surface area (Å²) in [6.07, 6.45) is 18.5. The Morgan fingerprint density at radius 2 is 1.21 bits per heavy atom. The summed E-state index contributed by atoms with van der Waals surface area (Å²) < 4.78 is 5.17. The molecule has 0 radical (unpaired) electrons. The first-order valence-corrected chi connectivity index (χ1v) is 20.3. The Morgan fingerprint density at radius 3 is 2.02 bits per heavy atom. The maximum absolute atomic E-state index is 5.45. The van der Waals surface area contributed by atoms with Crippen LogP contribution in [-0.2, 0) is 12.8 Å². The van der Waals surface area contributed by atoms with Crippen LogP contribution in [0.3, 0.4) is 0 Å². The van der Waals surface area contributed by atoms with Gasteiger partial charge < -0.3 is 9.13 Å². The van der Waals surface area contributed by atoms with E-state index in [1.807, 2.05) is 0 Å². The van der Waals surface area contributed by atoms with Gasteiger partial charge in [-0.05, 0) is 84.4 Å². The van der Waals surface area contributed by atoms with E-state index in [0.717, 1.165) is 54.0 Å². The highest BCUT2D eigenvalue weighted by atomic mass is 15.1. The molecule has 0 saturated heterocycles. The van der Waals surface area contributed by atoms with Crippen LogP contribution >= 0.6 is 0 Å². The fourth-order valence-electron chi connectivity index (χ4n) is 9.52. The van der Waals surface area contributed by atoms with E-state index in [4.69, 9.17) is 9.97 Å². The fraction of sp³-hybridized carbons (Fsp3) is 0.132. The molecule has 0 fully saturated rings. The van der Waals surface area contributed by atoms with Crippen molar-refractivity contribution in [3.05, 3.63) is 192 Å². The maximum Gasteiger partial charge on any atom is 0.160 e. The maximum atomic E-state index is 5.45. The Labute approximate surface area is 333 Å². The normalized spacial score (nSPS) is 17.4. The molecule has 0 saturated carbocycles. The number of rotatable bonds is 6. The second-order valence-corrected chi connectivity index (χ2v) is 15.6. The molecule has 4 nitrogen and oxygen atoms in total. The Hall–Kier alpha value is -6.78. The number of aryl methyl sites for hydroxylation is 1. The zero-order valence-electron chi connectivity index (χ0n) is 32.0. The lowest BCUT2D eigenvalue weighted by Gasteiger charge is -2.33. The van der Waals surface area contributed by atoms with Crippen molar-refractivity contribution in [2.45, 2.75) is 38.6 Å². The van der Waals surface area contributed by atoms with Crippen molar-refractivity contribution in [3.8, 4) is 33.8 Å². The molecular formula is C53H42N4. The number of benzene rings is 5. The highest BCUT2D eigenvalue weighted by Gasteiger charge is 2.33. The molecule has 8 aromatic rings. The van der Waals surface area contributed by atoms with Gasteiger partial charge in [-0.25, -0.2) is 9.97 Å². The second-order valence-electron chi connectivity index (χ2n) is 15.6. The van der Waals surface area contributed by atoms with Crippen LogP contribution in [0.5, 0.6) is 0 Å². The number of nitrogens with zero attached hydrogens (tertiary/aromatic N) is 4. The zero-order valence-corrected chi connectivity index (χ0v) is 32.0. The molecule has 0 amide bonds. The summed E-state index contributed by atoms with van der Waals surface area (Å²) in [7, 11) is 0. The van der Waals surface area contributed by atoms with Gasteiger partial charge in [0.2, 0.25) is 0 Å². The first kappa shape index (κ1) is 33.5. The molecule has 11 rings (SSSR count). The number of para-hydroxylation sites is 2. The Bertz CT molecular complexity index is 2950. The van der Waals surface area contributed by atoms with Crippen LogP contribution in [0.4, 0.5) is 0 Å². The van der Waals surface area contributed by atoms with Gasteiger partial charge in [-0.2, -0.15) is 0 Å². The molecular weight excluding hydrogens is 693 g/mol. The summed E-state index contributed by atoms with van der Waals surface area (Å²) in [5.41, 5.74) is 16.8. The van der Waals surface area contributed by atoms with Crippen LogP contribution < -0.4 is 0 Å². The van der Waals surface area contributed by atoms with E-state index in [1.54, 1.807) is 0 Å². The third-order valence-electron chi connectivity index (χ3n) is 12.3. The summed E-state index contributed by atoms with van der Waals surface area (Å²) >= 11 is 0. The highest BCUT2D eigenvalue weighted by molar-refractivity contribution is 5.97. The van der Waals surface area contributed by atoms with Crippen LogP contribution in [0.25, 0.3) is 79.0 Å². The summed E-state index contributed by atoms with van der Waals surface area (Å²) in [5.74, 6) is 0.838. The molecule has 0 aliphatic heterocycles. The van der Waals surface area contributed by atoms with Crippen LogP contribution in [0.2, 0.25) is 0 Å². The molecule has 2 unspecified atom stereocenters. The number of allylic oxidation sites excluding steroid dienone is 6. The molecule has 2 atom stereocenters. The molecule has 57 heavy (non-hydrogen) atoms. The topological polar surface area (TPSA) is 35.6 Å². The number of hydrogen-bond donors (Lipinski definition) is 0. The minimum atomic E-state index is 0.0380. The lowest BCUT2D eigenvalue weighted by Crippen LogP contribution is -2.23. The van der Waals surface area contributed by atoms with Crippen molar-refractivity contribution in [1.82, 2.24) is 19.1 Å². The Morgan fingerprint density at radius 1 is 0.579 bits per heavy atom. The van der Waals surface area contributed by atoms with Gasteiger partial charge in [-0.15, -0.1) is 0 Å². The van der Waals surface area contributed by atoms with Crippen LogP contribution in [0, 0.1) is 5.92 Å². The van der Waals surface area contributed by atoms with Crippen molar-refractivity contribution in [2.24, 2.45) is 5.92 Å². The zero-order chi connectivity index (χ0) is 37.9. The van der Waals surface area contributed by atoms with Gasteiger partial charge in [0.15, 0.2) is 5.82 Å². The molecule has 3 aliphatic rings. The van der Waals surface area contributed by atoms with Crippen LogP contribution in [-0.4, -0.2) is 19.1 Å². The van der Waals surface area contributed by atoms with Crippen LogP contribution in [0.15, 0.2) is 164 Å². The second kappa shape index (κ2) is 13.8. The monoisotopic (exact) mass is 734 g/mol. The predicted octanol–water partition coefficient (Wildman–Crippen LogP) is 13.1. The van der Waals surface area contributed by atoms with E-state index >= 15 is 0 Å². The van der Waals surface area contributed by atoms with Gasteiger partial charge >= 0.3 is 0 Å². The molecule has 5 aromatic carbocycles. The summed E-state index contributed by atoms with van der Waals surface area (Å²) in [4.78, 5) is 10.7. The molecule has 4 heteroatoms. The molecule has 274 valence electrons. The molecule has 0 spiro atoms. The third kappa shape index (κ3) is 5.66. The SMILES string of the molecule is CC1C(c2cc(-c3ccc(-c4ccccc4)cc3)nc(-c3ccccc3)n2)=CC(n2c3c(c4ccccc42)C=CCC3)=CC1n1c2c(c3ccccc31)CCC=C2. The standard InChI is InChI=1S/C53H42N4/c1-35-45(47-34-46(54-53(55-47)39-18-6-3-7-19-39)38-30-28-37(29-31-38)36-16-4-2-5-17-36)32-40(56-48-24-12-8-20-41(48)42-21-9-13-25-49(42)56)33-52(35)57-50-26-14-10-22-43(50)44-23-11-15-27-51(44)57/h2-10,12,14-22,24,26-35,52H,11,13,23,25H2,1H3. The van der Waals surface area contributed by atoms with Gasteiger partial charge in [0.25, 0.3) is 0 Å². The largest absolute Gasteiger partial charge is 0.333 e. The predicted molar refractivity (Wildman–Crippen MR) is 237 cm³/mol. The molecule has 3 aromatic heterocycles. The minimum absolute atomic E-state index is 0.0380. The van der Waals surface area contributed by atoms with E-state index in [1.165, 1.54) is 66.7 Å². The molecule has 0 N–H and O–H groups in total. The van der Waals surface area contributed by atoms with Crippen molar-refractivity contribution in [2.75, 3.05) is 0 Å². The van der Waals surface area contributed by atoms with Gasteiger partial charge in [0.1, 0.15) is 0 Å². The van der Waals surface area contributed by atoms with E-state index in [2.05, 4.69) is 192 Å². The fourth-order valence-corrected chi connectivity index (χ4v) is 9.52. The average Bonchev–Trinajstić information content (AvgIpc) is 3.80. The van der Waals surface area contributed by atoms with Crippen molar-refractivity contribution < 1.29 is 0 Å². The molecule has 3 aliphatic carbocycles. The quantitative estimate of drug-likeness (QED) is 0.170. The van der Waals surface area contributed by atoms with Gasteiger partial charge in [-0.1, -0.05) is 146 Å². The first-order valence-electron chi connectivity index (χ1n) is 20.3. The average molecular weight is 735 g/mol. The third-order valence-corrected chi connectivity index (χ3v) is 12.3. The smallest absolute Gasteiger partial charge is 0.160 e. The summed E-state index contributed by atoms with van der Waals surface area (Å²) in [6.45, 7) is 2.39. The molecule has 3 heterocycles. The number of fused-ring (bicyclic) bond motifs is 6. The minimum Gasteiger partial charge on any atom is -0.333 e. The van der Waals surface area contributed by atoms with Crippen LogP contribution in [0.1, 0.15) is 54.0 Å². The van der Waals surface area contributed by atoms with Gasteiger partial charge in [0.05, 0.1) is 22.9 Å². The lowest BCUT2D eigenvalue weighted by molar-refractivity contribution is 0.506. The van der Waals surface area contributed by atoms with Gasteiger partial charge in [0, 0.05) is 56.0 Å². The van der Waals surface area contributed by atoms with Crippen molar-refractivity contribution in [1.29, 1.82) is 0 Å². The van der Waals surface area contributed by atoms with E-state index in [0.29, 0.717) is 0 Å². The Kier molecular flexibility index (Phi) is 8.10. The van der Waals surface area contributed by atoms with Gasteiger partial charge in [-0.3, -0.25) is 0 Å². The lowest BCUT2D eigenvalue weighted by atomic mass is 9.84. The number of aromatic nitrogens is 4. The highest BCUT2D eigenvalue weighted by Crippen LogP contribution is 2.46. The first-order chi connectivity index (χ1) is 28.2. The summed E-state index contributed by atoms with van der Waals surface area (Å²) in [6, 6.07) is 50.0. The number of hydrogen-bond acceptors (Lipinski definition) is 2. The van der Waals surface area contributed by atoms with E-state index in [9.17, 15) is 0 Å². The van der Waals surface area contributed by atoms with Crippen molar-refractivity contribution in [3.63, 3.8) is 0 Å². The molecule has 0 bridgehead atoms. The van der Waals surface area contributed by atoms with E-state index < -0.39 is 0 Å². The Balaban J connectivity index is 1.14.